The van der Waals surface area contributed by atoms with E-state index in [9.17, 15) is 15.2 Å². The molecule has 2 aliphatic rings. The summed E-state index contributed by atoms with van der Waals surface area (Å²) in [4.78, 5) is 23.4. The Balaban J connectivity index is 1.31. The van der Waals surface area contributed by atoms with E-state index in [4.69, 9.17) is 0 Å². The van der Waals surface area contributed by atoms with Crippen molar-refractivity contribution in [3.05, 3.63) is 54.5 Å². The molecule has 1 aromatic carbocycles. The van der Waals surface area contributed by atoms with E-state index in [0.29, 0.717) is 49.0 Å². The van der Waals surface area contributed by atoms with Crippen LogP contribution in [0.3, 0.4) is 0 Å². The Morgan fingerprint density at radius 2 is 2.11 bits per heavy atom. The van der Waals surface area contributed by atoms with Crippen molar-refractivity contribution in [1.29, 1.82) is 5.26 Å². The molecule has 1 unspecified atom stereocenters. The molecule has 1 aliphatic heterocycles. The Kier molecular flexibility index (Phi) is 6.73. The number of benzene rings is 1. The number of nitriles is 1. The number of rotatable bonds is 7. The SMILES string of the molecule is N#CCC(C1CCCC1)n1cc(-c2ccnc(Nc3cccc(C(=O)N4CC[C@@H](O)C4)c3)n2)cn1. The average Bonchev–Trinajstić information content (AvgIpc) is 3.65. The van der Waals surface area contributed by atoms with Gasteiger partial charge in [-0.05, 0) is 49.4 Å². The first kappa shape index (κ1) is 23.0. The quantitative estimate of drug-likeness (QED) is 0.535. The lowest BCUT2D eigenvalue weighted by atomic mass is 9.96. The van der Waals surface area contributed by atoms with Crippen LogP contribution < -0.4 is 5.32 Å². The van der Waals surface area contributed by atoms with Gasteiger partial charge in [0, 0.05) is 42.3 Å². The molecule has 3 heterocycles. The van der Waals surface area contributed by atoms with Gasteiger partial charge in [-0.3, -0.25) is 9.48 Å². The van der Waals surface area contributed by atoms with Crippen LogP contribution in [-0.2, 0) is 0 Å². The number of hydrogen-bond donors (Lipinski definition) is 2. The molecule has 35 heavy (non-hydrogen) atoms. The predicted octanol–water partition coefficient (Wildman–Crippen LogP) is 3.94. The van der Waals surface area contributed by atoms with Gasteiger partial charge in [-0.2, -0.15) is 10.4 Å². The lowest BCUT2D eigenvalue weighted by molar-refractivity contribution is 0.0765. The Bertz CT molecular complexity index is 1230. The summed E-state index contributed by atoms with van der Waals surface area (Å²) in [5, 5.41) is 26.8. The van der Waals surface area contributed by atoms with Crippen molar-refractivity contribution >= 4 is 17.5 Å². The van der Waals surface area contributed by atoms with E-state index in [1.807, 2.05) is 29.1 Å². The first-order valence-electron chi connectivity index (χ1n) is 12.2. The minimum atomic E-state index is -0.450. The largest absolute Gasteiger partial charge is 0.391 e. The Morgan fingerprint density at radius 1 is 1.26 bits per heavy atom. The zero-order chi connectivity index (χ0) is 24.2. The molecular weight excluding hydrogens is 442 g/mol. The molecule has 3 aromatic rings. The fourth-order valence-electron chi connectivity index (χ4n) is 5.11. The second-order valence-electron chi connectivity index (χ2n) is 9.35. The predicted molar refractivity (Wildman–Crippen MR) is 131 cm³/mol. The molecule has 0 bridgehead atoms. The number of aliphatic hydroxyl groups is 1. The highest BCUT2D eigenvalue weighted by atomic mass is 16.3. The van der Waals surface area contributed by atoms with Crippen LogP contribution in [0.4, 0.5) is 11.6 Å². The van der Waals surface area contributed by atoms with Gasteiger partial charge in [0.25, 0.3) is 5.91 Å². The topological polar surface area (TPSA) is 120 Å². The molecule has 1 saturated heterocycles. The van der Waals surface area contributed by atoms with Gasteiger partial charge in [0.2, 0.25) is 5.95 Å². The second-order valence-corrected chi connectivity index (χ2v) is 9.35. The molecule has 2 aromatic heterocycles. The number of carbonyl (C=O) groups is 1. The average molecular weight is 472 g/mol. The van der Waals surface area contributed by atoms with Crippen molar-refractivity contribution < 1.29 is 9.90 Å². The molecule has 0 spiro atoms. The molecule has 180 valence electrons. The van der Waals surface area contributed by atoms with E-state index in [-0.39, 0.29) is 11.9 Å². The Labute approximate surface area is 204 Å². The number of likely N-dealkylation sites (tertiary alicyclic amines) is 1. The number of aromatic nitrogens is 4. The van der Waals surface area contributed by atoms with Crippen LogP contribution in [0, 0.1) is 17.2 Å². The van der Waals surface area contributed by atoms with Gasteiger partial charge in [-0.15, -0.1) is 0 Å². The molecule has 1 aliphatic carbocycles. The van der Waals surface area contributed by atoms with Crippen LogP contribution in [0.1, 0.15) is 54.9 Å². The minimum absolute atomic E-state index is 0.0904. The summed E-state index contributed by atoms with van der Waals surface area (Å²) in [6.07, 6.45) is 10.8. The van der Waals surface area contributed by atoms with Crippen LogP contribution >= 0.6 is 0 Å². The first-order valence-corrected chi connectivity index (χ1v) is 12.2. The van der Waals surface area contributed by atoms with Crippen LogP contribution in [-0.4, -0.2) is 54.9 Å². The lowest BCUT2D eigenvalue weighted by Crippen LogP contribution is -2.29. The molecule has 9 nitrogen and oxygen atoms in total. The maximum atomic E-state index is 12.8. The summed E-state index contributed by atoms with van der Waals surface area (Å²) in [5.74, 6) is 0.811. The van der Waals surface area contributed by atoms with Crippen molar-refractivity contribution in [2.75, 3.05) is 18.4 Å². The van der Waals surface area contributed by atoms with Crippen LogP contribution in [0.2, 0.25) is 0 Å². The van der Waals surface area contributed by atoms with E-state index in [0.717, 1.165) is 24.1 Å². The van der Waals surface area contributed by atoms with Crippen molar-refractivity contribution in [3.63, 3.8) is 0 Å². The Hall–Kier alpha value is -3.77. The highest BCUT2D eigenvalue weighted by molar-refractivity contribution is 5.95. The maximum absolute atomic E-state index is 12.8. The van der Waals surface area contributed by atoms with Gasteiger partial charge in [0.1, 0.15) is 0 Å². The van der Waals surface area contributed by atoms with E-state index in [1.165, 1.54) is 12.8 Å². The van der Waals surface area contributed by atoms with Gasteiger partial charge in [-0.1, -0.05) is 18.9 Å². The molecule has 0 radical (unpaired) electrons. The number of aliphatic hydroxyl groups excluding tert-OH is 1. The third kappa shape index (κ3) is 5.17. The molecule has 2 N–H and O–H groups in total. The smallest absolute Gasteiger partial charge is 0.254 e. The maximum Gasteiger partial charge on any atom is 0.254 e. The number of anilines is 2. The minimum Gasteiger partial charge on any atom is -0.391 e. The monoisotopic (exact) mass is 471 g/mol. The zero-order valence-corrected chi connectivity index (χ0v) is 19.5. The summed E-state index contributed by atoms with van der Waals surface area (Å²) < 4.78 is 1.92. The first-order chi connectivity index (χ1) is 17.1. The molecule has 2 fully saturated rings. The molecule has 5 rings (SSSR count). The zero-order valence-electron chi connectivity index (χ0n) is 19.5. The van der Waals surface area contributed by atoms with Gasteiger partial charge >= 0.3 is 0 Å². The summed E-state index contributed by atoms with van der Waals surface area (Å²) in [7, 11) is 0. The van der Waals surface area contributed by atoms with Crippen LogP contribution in [0.25, 0.3) is 11.3 Å². The summed E-state index contributed by atoms with van der Waals surface area (Å²) >= 11 is 0. The molecule has 9 heteroatoms. The van der Waals surface area contributed by atoms with Crippen LogP contribution in [0.15, 0.2) is 48.9 Å². The van der Waals surface area contributed by atoms with E-state index in [2.05, 4.69) is 26.5 Å². The number of β-amino-alcohol motifs (C(OH)–C–C–N with tert-alkyl or cyclic N) is 1. The van der Waals surface area contributed by atoms with Crippen molar-refractivity contribution in [1.82, 2.24) is 24.6 Å². The van der Waals surface area contributed by atoms with E-state index in [1.54, 1.807) is 29.4 Å². The number of nitrogens with zero attached hydrogens (tertiary/aromatic N) is 6. The fraction of sp³-hybridized carbons (Fsp3) is 0.423. The summed E-state index contributed by atoms with van der Waals surface area (Å²) in [6.45, 7) is 0.928. The molecule has 2 atom stereocenters. The van der Waals surface area contributed by atoms with Gasteiger partial charge in [0.05, 0.1) is 36.5 Å². The van der Waals surface area contributed by atoms with Crippen LogP contribution in [0.5, 0.6) is 0 Å². The molecular formula is C26H29N7O2. The highest BCUT2D eigenvalue weighted by Gasteiger charge is 2.27. The third-order valence-electron chi connectivity index (χ3n) is 6.95. The highest BCUT2D eigenvalue weighted by Crippen LogP contribution is 2.36. The third-order valence-corrected chi connectivity index (χ3v) is 6.95. The standard InChI is InChI=1S/C26H29N7O2/c27-11-8-24(18-4-1-2-5-18)33-16-20(15-29-33)23-9-12-28-26(31-23)30-21-7-3-6-19(14-21)25(35)32-13-10-22(34)17-32/h3,6-7,9,12,14-16,18,22,24,34H,1-2,4-5,8,10,13,17H2,(H,28,30,31)/t22-,24?/m1/s1. The normalized spacial score (nSPS) is 19.0. The molecule has 1 amide bonds. The van der Waals surface area contributed by atoms with Gasteiger partial charge in [-0.25, -0.2) is 9.97 Å². The number of nitrogens with one attached hydrogen (secondary N) is 1. The van der Waals surface area contributed by atoms with E-state index < -0.39 is 6.10 Å². The number of amides is 1. The number of hydrogen-bond acceptors (Lipinski definition) is 7. The number of carbonyl (C=O) groups excluding carboxylic acids is 1. The van der Waals surface area contributed by atoms with Gasteiger partial charge in [0.15, 0.2) is 0 Å². The molecule has 1 saturated carbocycles. The lowest BCUT2D eigenvalue weighted by Gasteiger charge is -2.21. The summed E-state index contributed by atoms with van der Waals surface area (Å²) in [5.41, 5.74) is 2.86. The van der Waals surface area contributed by atoms with Crippen molar-refractivity contribution in [2.24, 2.45) is 5.92 Å². The second kappa shape index (κ2) is 10.2. The van der Waals surface area contributed by atoms with Crippen molar-refractivity contribution in [2.45, 2.75) is 50.7 Å². The van der Waals surface area contributed by atoms with Crippen molar-refractivity contribution in [3.8, 4) is 17.3 Å². The summed E-state index contributed by atoms with van der Waals surface area (Å²) in [6, 6.07) is 11.5. The van der Waals surface area contributed by atoms with Gasteiger partial charge < -0.3 is 15.3 Å². The fourth-order valence-corrected chi connectivity index (χ4v) is 5.11. The van der Waals surface area contributed by atoms with E-state index >= 15 is 0 Å². The Morgan fingerprint density at radius 3 is 2.89 bits per heavy atom.